The fourth-order valence-electron chi connectivity index (χ4n) is 3.44. The fourth-order valence-corrected chi connectivity index (χ4v) is 4.10. The molecule has 1 N–H and O–H groups in total. The van der Waals surface area contributed by atoms with Crippen LogP contribution in [0.3, 0.4) is 0 Å². The molecule has 1 aromatic heterocycles. The van der Waals surface area contributed by atoms with Crippen LogP contribution >= 0.6 is 11.3 Å². The Balaban J connectivity index is 1.55. The lowest BCUT2D eigenvalue weighted by Gasteiger charge is -2.47. The van der Waals surface area contributed by atoms with Gasteiger partial charge in [0.05, 0.1) is 0 Å². The molecule has 17 heavy (non-hydrogen) atoms. The van der Waals surface area contributed by atoms with Crippen LogP contribution in [0.5, 0.6) is 0 Å². The summed E-state index contributed by atoms with van der Waals surface area (Å²) < 4.78 is 0. The minimum atomic E-state index is 0.739. The third kappa shape index (κ3) is 2.56. The molecular formula is C14H22N2S. The maximum atomic E-state index is 3.76. The summed E-state index contributed by atoms with van der Waals surface area (Å²) in [5.74, 6) is 0. The highest BCUT2D eigenvalue weighted by atomic mass is 32.1. The predicted molar refractivity (Wildman–Crippen MR) is 73.4 cm³/mol. The Morgan fingerprint density at radius 1 is 1.35 bits per heavy atom. The van der Waals surface area contributed by atoms with Crippen LogP contribution in [0.1, 0.15) is 37.0 Å². The van der Waals surface area contributed by atoms with Crippen LogP contribution in [-0.4, -0.2) is 30.1 Å². The Morgan fingerprint density at radius 2 is 2.12 bits per heavy atom. The van der Waals surface area contributed by atoms with Crippen LogP contribution in [0, 0.1) is 0 Å². The van der Waals surface area contributed by atoms with E-state index < -0.39 is 0 Å². The van der Waals surface area contributed by atoms with Gasteiger partial charge in [-0.3, -0.25) is 0 Å². The maximum Gasteiger partial charge on any atom is 0.0302 e. The van der Waals surface area contributed by atoms with E-state index in [2.05, 4.69) is 34.8 Å². The normalized spacial score (nSPS) is 33.8. The Bertz CT molecular complexity index is 335. The molecule has 0 aliphatic carbocycles. The molecule has 3 heterocycles. The molecule has 2 fully saturated rings. The summed E-state index contributed by atoms with van der Waals surface area (Å²) in [4.78, 5) is 4.10. The van der Waals surface area contributed by atoms with Crippen molar-refractivity contribution in [2.45, 2.75) is 56.8 Å². The van der Waals surface area contributed by atoms with Gasteiger partial charge in [0.2, 0.25) is 0 Å². The van der Waals surface area contributed by atoms with E-state index in [0.29, 0.717) is 0 Å². The molecule has 2 unspecified atom stereocenters. The lowest BCUT2D eigenvalue weighted by Crippen LogP contribution is -2.54. The fraction of sp³-hybridized carbons (Fsp3) is 0.714. The van der Waals surface area contributed by atoms with Gasteiger partial charge in [0.15, 0.2) is 0 Å². The van der Waals surface area contributed by atoms with Crippen molar-refractivity contribution in [2.75, 3.05) is 7.05 Å². The molecule has 2 saturated heterocycles. The third-order valence-corrected chi connectivity index (χ3v) is 5.36. The monoisotopic (exact) mass is 250 g/mol. The van der Waals surface area contributed by atoms with E-state index >= 15 is 0 Å². The van der Waals surface area contributed by atoms with Crippen LogP contribution in [-0.2, 0) is 6.54 Å². The van der Waals surface area contributed by atoms with Gasteiger partial charge in [0.25, 0.3) is 0 Å². The average molecular weight is 250 g/mol. The highest BCUT2D eigenvalue weighted by Gasteiger charge is 2.35. The summed E-state index contributed by atoms with van der Waals surface area (Å²) in [5.41, 5.74) is 0. The lowest BCUT2D eigenvalue weighted by atomic mass is 9.82. The van der Waals surface area contributed by atoms with Crippen LogP contribution in [0.2, 0.25) is 0 Å². The van der Waals surface area contributed by atoms with Crippen LogP contribution in [0.25, 0.3) is 0 Å². The Labute approximate surface area is 108 Å². The molecular weight excluding hydrogens is 228 g/mol. The average Bonchev–Trinajstić information content (AvgIpc) is 2.79. The van der Waals surface area contributed by atoms with E-state index in [9.17, 15) is 0 Å². The third-order valence-electron chi connectivity index (χ3n) is 4.48. The molecule has 0 aromatic carbocycles. The van der Waals surface area contributed by atoms with Crippen molar-refractivity contribution in [3.63, 3.8) is 0 Å². The summed E-state index contributed by atoms with van der Waals surface area (Å²) in [6, 6.07) is 6.79. The van der Waals surface area contributed by atoms with Gasteiger partial charge in [-0.05, 0) is 44.2 Å². The van der Waals surface area contributed by atoms with Gasteiger partial charge >= 0.3 is 0 Å². The summed E-state index contributed by atoms with van der Waals surface area (Å²) in [6.07, 6.45) is 6.95. The van der Waals surface area contributed by atoms with E-state index in [1.165, 1.54) is 37.0 Å². The van der Waals surface area contributed by atoms with Crippen molar-refractivity contribution >= 4 is 11.3 Å². The number of piperidine rings is 2. The quantitative estimate of drug-likeness (QED) is 0.887. The second-order valence-electron chi connectivity index (χ2n) is 5.53. The zero-order chi connectivity index (χ0) is 11.7. The minimum Gasteiger partial charge on any atom is -0.309 e. The molecule has 3 heteroatoms. The number of thiophene rings is 1. The van der Waals surface area contributed by atoms with E-state index in [0.717, 1.165) is 24.7 Å². The minimum absolute atomic E-state index is 0.739. The van der Waals surface area contributed by atoms with E-state index in [-0.39, 0.29) is 0 Å². The molecule has 2 nitrogen and oxygen atoms in total. The Kier molecular flexibility index (Phi) is 3.50. The molecule has 2 aliphatic heterocycles. The van der Waals surface area contributed by atoms with Crippen LogP contribution < -0.4 is 5.32 Å². The summed E-state index contributed by atoms with van der Waals surface area (Å²) in [6.45, 7) is 1.06. The SMILES string of the molecule is CN1C2CCCC1CC(NCc1cccs1)C2. The summed E-state index contributed by atoms with van der Waals surface area (Å²) >= 11 is 1.86. The number of rotatable bonds is 3. The van der Waals surface area contributed by atoms with Crippen molar-refractivity contribution < 1.29 is 0 Å². The molecule has 1 aromatic rings. The first-order valence-electron chi connectivity index (χ1n) is 6.80. The second kappa shape index (κ2) is 5.09. The first-order chi connectivity index (χ1) is 8.33. The molecule has 0 saturated carbocycles. The van der Waals surface area contributed by atoms with Crippen molar-refractivity contribution in [3.8, 4) is 0 Å². The van der Waals surface area contributed by atoms with Gasteiger partial charge in [0, 0.05) is 29.5 Å². The highest BCUT2D eigenvalue weighted by molar-refractivity contribution is 7.09. The molecule has 94 valence electrons. The standard InChI is InChI=1S/C14H22N2S/c1-16-12-4-2-5-13(16)9-11(8-12)15-10-14-6-3-7-17-14/h3,6-7,11-13,15H,2,4-5,8-10H2,1H3. The molecule has 0 radical (unpaired) electrons. The zero-order valence-electron chi connectivity index (χ0n) is 10.6. The van der Waals surface area contributed by atoms with Gasteiger partial charge in [-0.15, -0.1) is 11.3 Å². The number of hydrogen-bond donors (Lipinski definition) is 1. The summed E-state index contributed by atoms with van der Waals surface area (Å²) in [5, 5.41) is 5.92. The molecule has 2 bridgehead atoms. The largest absolute Gasteiger partial charge is 0.309 e. The van der Waals surface area contributed by atoms with Crippen molar-refractivity contribution in [1.29, 1.82) is 0 Å². The highest BCUT2D eigenvalue weighted by Crippen LogP contribution is 2.32. The van der Waals surface area contributed by atoms with Crippen molar-refractivity contribution in [1.82, 2.24) is 10.2 Å². The van der Waals surface area contributed by atoms with Gasteiger partial charge < -0.3 is 10.2 Å². The topological polar surface area (TPSA) is 15.3 Å². The molecule has 0 spiro atoms. The molecule has 2 aliphatic rings. The van der Waals surface area contributed by atoms with Crippen LogP contribution in [0.15, 0.2) is 17.5 Å². The first kappa shape index (κ1) is 11.7. The Morgan fingerprint density at radius 3 is 2.76 bits per heavy atom. The molecule has 0 amide bonds. The van der Waals surface area contributed by atoms with E-state index in [1.807, 2.05) is 11.3 Å². The number of fused-ring (bicyclic) bond motifs is 2. The first-order valence-corrected chi connectivity index (χ1v) is 7.68. The number of hydrogen-bond acceptors (Lipinski definition) is 3. The van der Waals surface area contributed by atoms with Crippen molar-refractivity contribution in [3.05, 3.63) is 22.4 Å². The van der Waals surface area contributed by atoms with Gasteiger partial charge in [-0.1, -0.05) is 12.5 Å². The maximum absolute atomic E-state index is 3.76. The molecule has 3 rings (SSSR count). The van der Waals surface area contributed by atoms with Crippen LogP contribution in [0.4, 0.5) is 0 Å². The summed E-state index contributed by atoms with van der Waals surface area (Å²) in [7, 11) is 2.32. The number of nitrogens with one attached hydrogen (secondary N) is 1. The smallest absolute Gasteiger partial charge is 0.0302 e. The number of nitrogens with zero attached hydrogens (tertiary/aromatic N) is 1. The Hall–Kier alpha value is -0.380. The van der Waals surface area contributed by atoms with Gasteiger partial charge in [0.1, 0.15) is 0 Å². The zero-order valence-corrected chi connectivity index (χ0v) is 11.4. The lowest BCUT2D eigenvalue weighted by molar-refractivity contribution is 0.0483. The second-order valence-corrected chi connectivity index (χ2v) is 6.56. The van der Waals surface area contributed by atoms with Crippen molar-refractivity contribution in [2.24, 2.45) is 0 Å². The predicted octanol–water partition coefficient (Wildman–Crippen LogP) is 2.85. The van der Waals surface area contributed by atoms with Gasteiger partial charge in [-0.2, -0.15) is 0 Å². The molecule has 2 atom stereocenters. The van der Waals surface area contributed by atoms with E-state index in [1.54, 1.807) is 0 Å². The van der Waals surface area contributed by atoms with Gasteiger partial charge in [-0.25, -0.2) is 0 Å². The van der Waals surface area contributed by atoms with E-state index in [4.69, 9.17) is 0 Å².